The van der Waals surface area contributed by atoms with Gasteiger partial charge < -0.3 is 10.6 Å². The van der Waals surface area contributed by atoms with Gasteiger partial charge in [0.05, 0.1) is 17.6 Å². The largest absolute Gasteiger partial charge is 0.373 e. The van der Waals surface area contributed by atoms with Crippen molar-refractivity contribution in [3.8, 4) is 0 Å². The third-order valence-corrected chi connectivity index (χ3v) is 2.24. The van der Waals surface area contributed by atoms with Crippen molar-refractivity contribution in [2.75, 3.05) is 18.5 Å². The average molecular weight is 193 g/mol. The van der Waals surface area contributed by atoms with E-state index in [0.29, 0.717) is 0 Å². The molecule has 2 N–H and O–H groups in total. The van der Waals surface area contributed by atoms with Gasteiger partial charge in [-0.15, -0.1) is 0 Å². The van der Waals surface area contributed by atoms with Crippen molar-refractivity contribution in [2.45, 2.75) is 26.3 Å². The number of anilines is 1. The van der Waals surface area contributed by atoms with Gasteiger partial charge in [0.2, 0.25) is 0 Å². The lowest BCUT2D eigenvalue weighted by molar-refractivity contribution is 0.777. The fraction of sp³-hybridized carbons (Fsp3) is 0.545. The van der Waals surface area contributed by atoms with Crippen LogP contribution in [0.4, 0.5) is 5.69 Å². The number of pyridine rings is 1. The molecule has 3 nitrogen and oxygen atoms in total. The molecule has 0 amide bonds. The highest BCUT2D eigenvalue weighted by atomic mass is 15.1. The van der Waals surface area contributed by atoms with E-state index in [-0.39, 0.29) is 6.04 Å². The predicted molar refractivity (Wildman–Crippen MR) is 60.4 cm³/mol. The van der Waals surface area contributed by atoms with Crippen LogP contribution >= 0.6 is 0 Å². The second-order valence-electron chi connectivity index (χ2n) is 3.65. The number of hydrogen-bond acceptors (Lipinski definition) is 3. The molecular weight excluding hydrogens is 174 g/mol. The summed E-state index contributed by atoms with van der Waals surface area (Å²) in [5.74, 6) is 0. The van der Waals surface area contributed by atoms with Crippen LogP contribution in [-0.2, 0) is 0 Å². The monoisotopic (exact) mass is 193 g/mol. The fourth-order valence-electron chi connectivity index (χ4n) is 1.36. The summed E-state index contributed by atoms with van der Waals surface area (Å²) in [6.45, 7) is 5.16. The van der Waals surface area contributed by atoms with Crippen molar-refractivity contribution >= 4 is 5.69 Å². The molecule has 1 aromatic heterocycles. The van der Waals surface area contributed by atoms with Crippen molar-refractivity contribution < 1.29 is 0 Å². The van der Waals surface area contributed by atoms with Crippen LogP contribution in [0.3, 0.4) is 0 Å². The minimum Gasteiger partial charge on any atom is -0.373 e. The zero-order chi connectivity index (χ0) is 10.6. The maximum Gasteiger partial charge on any atom is 0.0569 e. The van der Waals surface area contributed by atoms with Gasteiger partial charge in [-0.1, -0.05) is 6.92 Å². The highest BCUT2D eigenvalue weighted by Gasteiger charge is 2.02. The molecule has 1 atom stereocenters. The van der Waals surface area contributed by atoms with Crippen molar-refractivity contribution in [3.05, 3.63) is 24.0 Å². The molecule has 0 bridgehead atoms. The third-order valence-electron chi connectivity index (χ3n) is 2.24. The maximum absolute atomic E-state index is 5.72. The lowest BCUT2D eigenvalue weighted by atomic mass is 10.2. The normalized spacial score (nSPS) is 12.6. The summed E-state index contributed by atoms with van der Waals surface area (Å²) in [6, 6.07) is 4.08. The average Bonchev–Trinajstić information content (AvgIpc) is 2.18. The Bertz CT molecular complexity index is 266. The van der Waals surface area contributed by atoms with Crippen LogP contribution in [-0.4, -0.2) is 18.6 Å². The summed E-state index contributed by atoms with van der Waals surface area (Å²) in [4.78, 5) is 6.51. The minimum absolute atomic E-state index is 0.0144. The molecule has 0 aliphatic rings. The van der Waals surface area contributed by atoms with Gasteiger partial charge in [-0.25, -0.2) is 0 Å². The predicted octanol–water partition coefficient (Wildman–Crippen LogP) is 1.95. The summed E-state index contributed by atoms with van der Waals surface area (Å²) in [6.07, 6.45) is 3.03. The van der Waals surface area contributed by atoms with Gasteiger partial charge in [0, 0.05) is 19.6 Å². The summed E-state index contributed by atoms with van der Waals surface area (Å²) < 4.78 is 0. The molecular formula is C11H19N3. The van der Waals surface area contributed by atoms with Gasteiger partial charge in [0.25, 0.3) is 0 Å². The molecule has 1 unspecified atom stereocenters. The third kappa shape index (κ3) is 2.70. The van der Waals surface area contributed by atoms with Crippen molar-refractivity contribution in [2.24, 2.45) is 5.73 Å². The van der Waals surface area contributed by atoms with Gasteiger partial charge in [-0.2, -0.15) is 0 Å². The molecule has 0 aliphatic heterocycles. The van der Waals surface area contributed by atoms with E-state index in [1.165, 1.54) is 0 Å². The first-order valence-electron chi connectivity index (χ1n) is 5.07. The minimum atomic E-state index is 0.0144. The van der Waals surface area contributed by atoms with Crippen molar-refractivity contribution in [1.82, 2.24) is 4.98 Å². The highest BCUT2D eigenvalue weighted by Crippen LogP contribution is 2.14. The van der Waals surface area contributed by atoms with Crippen LogP contribution in [0, 0.1) is 0 Å². The number of rotatable bonds is 4. The van der Waals surface area contributed by atoms with Gasteiger partial charge >= 0.3 is 0 Å². The molecule has 0 aromatic carbocycles. The van der Waals surface area contributed by atoms with E-state index in [2.05, 4.69) is 29.9 Å². The van der Waals surface area contributed by atoms with E-state index >= 15 is 0 Å². The lowest BCUT2D eigenvalue weighted by Gasteiger charge is -2.18. The van der Waals surface area contributed by atoms with Gasteiger partial charge in [0.1, 0.15) is 0 Å². The van der Waals surface area contributed by atoms with Crippen LogP contribution in [0.2, 0.25) is 0 Å². The number of nitrogens with zero attached hydrogens (tertiary/aromatic N) is 2. The van der Waals surface area contributed by atoms with E-state index in [1.807, 2.05) is 19.2 Å². The second-order valence-corrected chi connectivity index (χ2v) is 3.65. The van der Waals surface area contributed by atoms with E-state index < -0.39 is 0 Å². The summed E-state index contributed by atoms with van der Waals surface area (Å²) in [5.41, 5.74) is 7.81. The lowest BCUT2D eigenvalue weighted by Crippen LogP contribution is -2.18. The summed E-state index contributed by atoms with van der Waals surface area (Å²) in [7, 11) is 2.08. The summed E-state index contributed by atoms with van der Waals surface area (Å²) in [5, 5.41) is 0. The molecule has 1 heterocycles. The van der Waals surface area contributed by atoms with Crippen LogP contribution in [0.1, 0.15) is 32.0 Å². The van der Waals surface area contributed by atoms with Crippen molar-refractivity contribution in [3.63, 3.8) is 0 Å². The Balaban J connectivity index is 2.72. The quantitative estimate of drug-likeness (QED) is 0.794. The molecule has 1 aromatic rings. The molecule has 0 aliphatic carbocycles. The van der Waals surface area contributed by atoms with Crippen LogP contribution in [0.5, 0.6) is 0 Å². The van der Waals surface area contributed by atoms with E-state index in [9.17, 15) is 0 Å². The number of hydrogen-bond donors (Lipinski definition) is 1. The Morgan fingerprint density at radius 3 is 2.64 bits per heavy atom. The van der Waals surface area contributed by atoms with E-state index in [4.69, 9.17) is 5.73 Å². The van der Waals surface area contributed by atoms with Crippen LogP contribution < -0.4 is 10.6 Å². The van der Waals surface area contributed by atoms with Crippen LogP contribution in [0.25, 0.3) is 0 Å². The Morgan fingerprint density at radius 1 is 1.50 bits per heavy atom. The molecule has 1 rings (SSSR count). The number of aromatic nitrogens is 1. The molecule has 0 saturated heterocycles. The Kier molecular flexibility index (Phi) is 3.89. The van der Waals surface area contributed by atoms with E-state index in [0.717, 1.165) is 24.3 Å². The Morgan fingerprint density at radius 2 is 2.21 bits per heavy atom. The zero-order valence-electron chi connectivity index (χ0n) is 9.20. The number of nitrogens with two attached hydrogens (primary N) is 1. The first-order valence-corrected chi connectivity index (χ1v) is 5.07. The van der Waals surface area contributed by atoms with Gasteiger partial charge in [0.15, 0.2) is 0 Å². The molecule has 78 valence electrons. The van der Waals surface area contributed by atoms with Crippen molar-refractivity contribution in [1.29, 1.82) is 0 Å². The fourth-order valence-corrected chi connectivity index (χ4v) is 1.36. The Labute approximate surface area is 85.9 Å². The first-order chi connectivity index (χ1) is 6.65. The smallest absolute Gasteiger partial charge is 0.0569 e. The van der Waals surface area contributed by atoms with Gasteiger partial charge in [-0.05, 0) is 25.5 Å². The maximum atomic E-state index is 5.72. The molecule has 0 spiro atoms. The molecule has 0 saturated carbocycles. The molecule has 0 radical (unpaired) electrons. The highest BCUT2D eigenvalue weighted by molar-refractivity contribution is 5.43. The standard InChI is InChI=1S/C11H19N3/c1-4-7-14(3)10-5-6-11(9(2)12)13-8-10/h5-6,8-9H,4,7,12H2,1-3H3. The molecule has 14 heavy (non-hydrogen) atoms. The Hall–Kier alpha value is -1.09. The zero-order valence-corrected chi connectivity index (χ0v) is 9.20. The van der Waals surface area contributed by atoms with E-state index in [1.54, 1.807) is 0 Å². The summed E-state index contributed by atoms with van der Waals surface area (Å²) >= 11 is 0. The molecule has 0 fully saturated rings. The second kappa shape index (κ2) is 4.96. The topological polar surface area (TPSA) is 42.1 Å². The first kappa shape index (κ1) is 11.0. The van der Waals surface area contributed by atoms with Gasteiger partial charge in [-0.3, -0.25) is 4.98 Å². The SMILES string of the molecule is CCCN(C)c1ccc(C(C)N)nc1. The molecule has 3 heteroatoms. The van der Waals surface area contributed by atoms with Crippen LogP contribution in [0.15, 0.2) is 18.3 Å².